The predicted octanol–water partition coefficient (Wildman–Crippen LogP) is 1.71. The first kappa shape index (κ1) is 11.7. The van der Waals surface area contributed by atoms with E-state index in [0.717, 1.165) is 35.5 Å². The third kappa shape index (κ3) is 7.82. The van der Waals surface area contributed by atoms with Crippen LogP contribution in [0.3, 0.4) is 0 Å². The van der Waals surface area contributed by atoms with Crippen molar-refractivity contribution in [1.82, 2.24) is 0 Å². The Bertz CT molecular complexity index is 108. The van der Waals surface area contributed by atoms with Crippen LogP contribution in [0.2, 0.25) is 0 Å². The molecule has 0 aliphatic heterocycles. The van der Waals surface area contributed by atoms with Gasteiger partial charge in [0.2, 0.25) is 0 Å². The molecule has 0 atom stereocenters. The Hall–Kier alpha value is 1.72. The van der Waals surface area contributed by atoms with Crippen molar-refractivity contribution >= 4 is 73.9 Å². The zero-order chi connectivity index (χ0) is 7.98. The average Bonchev–Trinajstić information content (AvgIpc) is 1.87. The molecule has 0 aromatic rings. The van der Waals surface area contributed by atoms with Crippen molar-refractivity contribution < 1.29 is 7.90 Å². The molecule has 10 heavy (non-hydrogen) atoms. The van der Waals surface area contributed by atoms with Crippen molar-refractivity contribution in [2.24, 2.45) is 0 Å². The van der Waals surface area contributed by atoms with E-state index in [9.17, 15) is 4.79 Å². The van der Waals surface area contributed by atoms with Gasteiger partial charge in [-0.05, 0) is 0 Å². The molecule has 0 unspecified atom stereocenters. The van der Waals surface area contributed by atoms with E-state index in [1.54, 1.807) is 0 Å². The Morgan fingerprint density at radius 1 is 1.60 bits per heavy atom. The van der Waals surface area contributed by atoms with Crippen LogP contribution in [-0.2, 0) is 7.90 Å². The minimum atomic E-state index is -0.0811. The van der Waals surface area contributed by atoms with Crippen LogP contribution < -0.4 is 0 Å². The molecule has 0 aliphatic carbocycles. The van der Waals surface area contributed by atoms with Gasteiger partial charge in [-0.15, -0.1) is 0 Å². The molecule has 0 bridgehead atoms. The first-order valence-electron chi connectivity index (χ1n) is 2.79. The van der Waals surface area contributed by atoms with Crippen molar-refractivity contribution in [2.45, 2.75) is 21.2 Å². The van der Waals surface area contributed by atoms with Gasteiger partial charge in [0, 0.05) is 0 Å². The van der Waals surface area contributed by atoms with E-state index in [1.165, 1.54) is 0 Å². The van der Waals surface area contributed by atoms with Crippen LogP contribution in [0.1, 0.15) is 19.3 Å². The molecule has 0 saturated carbocycles. The van der Waals surface area contributed by atoms with E-state index in [2.05, 4.69) is 48.3 Å². The van der Waals surface area contributed by atoms with Crippen molar-refractivity contribution in [2.75, 3.05) is 0 Å². The molecule has 60 valence electrons. The number of carbonyl (C=O) groups is 1. The van der Waals surface area contributed by atoms with Gasteiger partial charge >= 0.3 is 103 Å². The van der Waals surface area contributed by atoms with E-state index in [1.807, 2.05) is 0 Å². The first-order valence-corrected chi connectivity index (χ1v) is 6.32. The van der Waals surface area contributed by atoms with E-state index in [-0.39, 0.29) is 5.97 Å². The number of alkyl halides is 2. The van der Waals surface area contributed by atoms with Crippen LogP contribution in [0, 0.1) is 0 Å². The SMILES string of the molecule is O=C(CCCC(I)I)O[TeH]. The van der Waals surface area contributed by atoms with Gasteiger partial charge in [-0.2, -0.15) is 0 Å². The molecule has 2 nitrogen and oxygen atoms in total. The number of carbonyl (C=O) groups excluding carboxylic acids is 1. The van der Waals surface area contributed by atoms with Crippen molar-refractivity contribution in [3.63, 3.8) is 0 Å². The first-order chi connectivity index (χ1) is 4.66. The van der Waals surface area contributed by atoms with Gasteiger partial charge in [-0.1, -0.05) is 0 Å². The average molecular weight is 482 g/mol. The van der Waals surface area contributed by atoms with Crippen LogP contribution >= 0.6 is 45.2 Å². The zero-order valence-corrected chi connectivity index (χ0v) is 12.1. The Kier molecular flexibility index (Phi) is 8.64. The molecule has 0 heterocycles. The normalized spacial score (nSPS) is 10.0. The fourth-order valence-electron chi connectivity index (χ4n) is 0.446. The predicted molar refractivity (Wildman–Crippen MR) is 58.9 cm³/mol. The van der Waals surface area contributed by atoms with Gasteiger partial charge in [0.1, 0.15) is 0 Å². The fourth-order valence-corrected chi connectivity index (χ4v) is 1.59. The third-order valence-electron chi connectivity index (χ3n) is 0.905. The van der Waals surface area contributed by atoms with Crippen LogP contribution in [-0.4, -0.2) is 30.6 Å². The quantitative estimate of drug-likeness (QED) is 0.347. The maximum absolute atomic E-state index is 10.6. The summed E-state index contributed by atoms with van der Waals surface area (Å²) in [5.74, 6) is -0.0811. The molecule has 0 spiro atoms. The molecular formula is C5H8I2O2Te. The molecule has 0 aromatic heterocycles. The minimum absolute atomic E-state index is 0.0811. The van der Waals surface area contributed by atoms with E-state index in [0.29, 0.717) is 8.35 Å². The summed E-state index contributed by atoms with van der Waals surface area (Å²) in [7, 11) is 0. The zero-order valence-electron chi connectivity index (χ0n) is 5.22. The van der Waals surface area contributed by atoms with Gasteiger partial charge < -0.3 is 0 Å². The van der Waals surface area contributed by atoms with Gasteiger partial charge in [-0.25, -0.2) is 0 Å². The summed E-state index contributed by atoms with van der Waals surface area (Å²) in [5.41, 5.74) is 0. The summed E-state index contributed by atoms with van der Waals surface area (Å²) in [6, 6.07) is 0. The summed E-state index contributed by atoms with van der Waals surface area (Å²) in [6.07, 6.45) is 2.59. The van der Waals surface area contributed by atoms with Crippen molar-refractivity contribution in [1.29, 1.82) is 0 Å². The second-order valence-electron chi connectivity index (χ2n) is 1.75. The molecule has 0 aromatic carbocycles. The van der Waals surface area contributed by atoms with Crippen LogP contribution in [0.5, 0.6) is 0 Å². The topological polar surface area (TPSA) is 26.3 Å². The standard InChI is InChI=1S/C5H8I2O2Te/c6-4(7)2-1-3-5(8)9-10/h4,10H,1-3H2. The van der Waals surface area contributed by atoms with Gasteiger partial charge in [0.25, 0.3) is 0 Å². The molecular weight excluding hydrogens is 473 g/mol. The molecule has 0 fully saturated rings. The Balaban J connectivity index is 3.12. The van der Waals surface area contributed by atoms with Crippen molar-refractivity contribution in [3.8, 4) is 0 Å². The number of hydrogen-bond acceptors (Lipinski definition) is 2. The van der Waals surface area contributed by atoms with Crippen molar-refractivity contribution in [3.05, 3.63) is 0 Å². The molecule has 5 heteroatoms. The van der Waals surface area contributed by atoms with Crippen LogP contribution in [0.25, 0.3) is 0 Å². The molecule has 0 saturated heterocycles. The van der Waals surface area contributed by atoms with Gasteiger partial charge in [-0.3, -0.25) is 0 Å². The molecule has 0 rings (SSSR count). The molecule has 0 radical (unpaired) electrons. The summed E-state index contributed by atoms with van der Waals surface area (Å²) in [4.78, 5) is 10.6. The van der Waals surface area contributed by atoms with Crippen LogP contribution in [0.15, 0.2) is 0 Å². The third-order valence-corrected chi connectivity index (χ3v) is 2.73. The van der Waals surface area contributed by atoms with E-state index >= 15 is 0 Å². The van der Waals surface area contributed by atoms with E-state index in [4.69, 9.17) is 0 Å². The fraction of sp³-hybridized carbons (Fsp3) is 0.800. The summed E-state index contributed by atoms with van der Waals surface area (Å²) < 4.78 is 5.17. The molecule has 0 amide bonds. The summed E-state index contributed by atoms with van der Waals surface area (Å²) >= 11 is 5.78. The number of halogens is 2. The van der Waals surface area contributed by atoms with E-state index < -0.39 is 0 Å². The second kappa shape index (κ2) is 7.37. The summed E-state index contributed by atoms with van der Waals surface area (Å²) in [5, 5.41) is 0. The van der Waals surface area contributed by atoms with Gasteiger partial charge in [0.05, 0.1) is 0 Å². The number of rotatable bonds is 4. The monoisotopic (exact) mass is 484 g/mol. The van der Waals surface area contributed by atoms with Gasteiger partial charge in [0.15, 0.2) is 0 Å². The second-order valence-corrected chi connectivity index (χ2v) is 7.66. The molecule has 0 aliphatic rings. The maximum atomic E-state index is 10.6. The summed E-state index contributed by atoms with van der Waals surface area (Å²) in [6.45, 7) is 0. The molecule has 0 N–H and O–H groups in total. The Morgan fingerprint density at radius 3 is 2.60 bits per heavy atom. The Morgan fingerprint density at radius 2 is 2.20 bits per heavy atom. The number of hydrogen-bond donors (Lipinski definition) is 0. The Labute approximate surface area is 102 Å². The van der Waals surface area contributed by atoms with Crippen LogP contribution in [0.4, 0.5) is 0 Å².